The Morgan fingerprint density at radius 1 is 1.15 bits per heavy atom. The first-order valence-corrected chi connectivity index (χ1v) is 8.63. The number of nitrogens with zero attached hydrogens (tertiary/aromatic N) is 4. The van der Waals surface area contributed by atoms with Crippen LogP contribution in [0.4, 0.5) is 0 Å². The second-order valence-electron chi connectivity index (χ2n) is 5.50. The number of rotatable bonds is 8. The van der Waals surface area contributed by atoms with E-state index in [1.54, 1.807) is 12.5 Å². The summed E-state index contributed by atoms with van der Waals surface area (Å²) in [6.45, 7) is 4.11. The SMILES string of the molecule is CCNC(=NCCc1ccco1)NCCc1noc(-c2ccccn2)n1.I. The molecule has 0 aromatic carbocycles. The molecule has 0 saturated heterocycles. The molecule has 2 N–H and O–H groups in total. The Labute approximate surface area is 174 Å². The Hall–Kier alpha value is -2.43. The van der Waals surface area contributed by atoms with Crippen molar-refractivity contribution in [3.63, 3.8) is 0 Å². The minimum atomic E-state index is 0. The average molecular weight is 482 g/mol. The Balaban J connectivity index is 0.00000261. The van der Waals surface area contributed by atoms with E-state index in [4.69, 9.17) is 8.94 Å². The Kier molecular flexibility index (Phi) is 8.75. The van der Waals surface area contributed by atoms with Crippen molar-refractivity contribution < 1.29 is 8.94 Å². The predicted molar refractivity (Wildman–Crippen MR) is 113 cm³/mol. The molecule has 0 saturated carbocycles. The van der Waals surface area contributed by atoms with Crippen molar-refractivity contribution in [3.05, 3.63) is 54.4 Å². The lowest BCUT2D eigenvalue weighted by Gasteiger charge is -2.10. The van der Waals surface area contributed by atoms with E-state index >= 15 is 0 Å². The van der Waals surface area contributed by atoms with E-state index < -0.39 is 0 Å². The van der Waals surface area contributed by atoms with Crippen LogP contribution in [0, 0.1) is 0 Å². The van der Waals surface area contributed by atoms with E-state index in [0.29, 0.717) is 36.9 Å². The van der Waals surface area contributed by atoms with Crippen LogP contribution in [0.5, 0.6) is 0 Å². The summed E-state index contributed by atoms with van der Waals surface area (Å²) in [6, 6.07) is 9.40. The lowest BCUT2D eigenvalue weighted by atomic mass is 10.3. The lowest BCUT2D eigenvalue weighted by Crippen LogP contribution is -2.38. The molecule has 9 heteroatoms. The van der Waals surface area contributed by atoms with Crippen LogP contribution in [0.2, 0.25) is 0 Å². The molecule has 0 aliphatic heterocycles. The van der Waals surface area contributed by atoms with Crippen molar-refractivity contribution in [3.8, 4) is 11.6 Å². The summed E-state index contributed by atoms with van der Waals surface area (Å²) >= 11 is 0. The van der Waals surface area contributed by atoms with Gasteiger partial charge in [0.15, 0.2) is 11.8 Å². The summed E-state index contributed by atoms with van der Waals surface area (Å²) in [5, 5.41) is 10.5. The van der Waals surface area contributed by atoms with Gasteiger partial charge in [-0.3, -0.25) is 9.98 Å². The van der Waals surface area contributed by atoms with Gasteiger partial charge in [-0.2, -0.15) is 4.98 Å². The quantitative estimate of drug-likeness (QED) is 0.289. The standard InChI is InChI=1S/C18H22N6O2.HI/c1-2-19-18(21-11-8-14-6-5-13-25-14)22-12-9-16-23-17(26-24-16)15-7-3-4-10-20-15;/h3-7,10,13H,2,8-9,11-12H2,1H3,(H2,19,21,22);1H. The van der Waals surface area contributed by atoms with Crippen LogP contribution in [0.15, 0.2) is 56.7 Å². The zero-order valence-electron chi connectivity index (χ0n) is 15.1. The zero-order chi connectivity index (χ0) is 18.0. The number of guanidine groups is 1. The van der Waals surface area contributed by atoms with E-state index in [0.717, 1.165) is 24.7 Å². The first-order valence-electron chi connectivity index (χ1n) is 8.63. The van der Waals surface area contributed by atoms with Crippen LogP contribution in [0.1, 0.15) is 18.5 Å². The Morgan fingerprint density at radius 2 is 2.07 bits per heavy atom. The fraction of sp³-hybridized carbons (Fsp3) is 0.333. The molecule has 0 fully saturated rings. The van der Waals surface area contributed by atoms with Gasteiger partial charge in [-0.15, -0.1) is 24.0 Å². The highest BCUT2D eigenvalue weighted by molar-refractivity contribution is 14.0. The summed E-state index contributed by atoms with van der Waals surface area (Å²) < 4.78 is 10.6. The van der Waals surface area contributed by atoms with Gasteiger partial charge in [0, 0.05) is 38.7 Å². The number of aliphatic imine (C=N–C) groups is 1. The summed E-state index contributed by atoms with van der Waals surface area (Å²) in [5.41, 5.74) is 0.673. The van der Waals surface area contributed by atoms with E-state index in [1.165, 1.54) is 0 Å². The van der Waals surface area contributed by atoms with Crippen molar-refractivity contribution >= 4 is 29.9 Å². The molecule has 0 aliphatic rings. The third-order valence-corrected chi connectivity index (χ3v) is 3.55. The maximum absolute atomic E-state index is 5.31. The van der Waals surface area contributed by atoms with E-state index in [9.17, 15) is 0 Å². The van der Waals surface area contributed by atoms with Crippen LogP contribution in [0.3, 0.4) is 0 Å². The highest BCUT2D eigenvalue weighted by Crippen LogP contribution is 2.13. The number of furan rings is 1. The van der Waals surface area contributed by atoms with Crippen LogP contribution in [-0.4, -0.2) is 40.7 Å². The van der Waals surface area contributed by atoms with Gasteiger partial charge in [-0.25, -0.2) is 0 Å². The van der Waals surface area contributed by atoms with E-state index in [-0.39, 0.29) is 24.0 Å². The zero-order valence-corrected chi connectivity index (χ0v) is 17.4. The van der Waals surface area contributed by atoms with Gasteiger partial charge in [0.05, 0.1) is 6.26 Å². The number of hydrogen-bond donors (Lipinski definition) is 2. The van der Waals surface area contributed by atoms with Crippen molar-refractivity contribution in [1.82, 2.24) is 25.8 Å². The molecule has 3 rings (SSSR count). The molecule has 3 aromatic rings. The molecule has 0 unspecified atom stereocenters. The second-order valence-corrected chi connectivity index (χ2v) is 5.50. The van der Waals surface area contributed by atoms with Crippen LogP contribution >= 0.6 is 24.0 Å². The third kappa shape index (κ3) is 6.66. The van der Waals surface area contributed by atoms with Gasteiger partial charge in [0.1, 0.15) is 11.5 Å². The van der Waals surface area contributed by atoms with Gasteiger partial charge in [-0.05, 0) is 31.2 Å². The molecule has 0 amide bonds. The summed E-state index contributed by atoms with van der Waals surface area (Å²) in [4.78, 5) is 13.1. The van der Waals surface area contributed by atoms with Gasteiger partial charge in [0.25, 0.3) is 5.89 Å². The first-order chi connectivity index (χ1) is 12.8. The molecule has 3 heterocycles. The molecule has 0 atom stereocenters. The molecule has 8 nitrogen and oxygen atoms in total. The molecule has 0 radical (unpaired) electrons. The van der Waals surface area contributed by atoms with Crippen molar-refractivity contribution in [1.29, 1.82) is 0 Å². The second kappa shape index (κ2) is 11.3. The molecule has 0 spiro atoms. The molecular formula is C18H23IN6O2. The van der Waals surface area contributed by atoms with Crippen molar-refractivity contribution in [2.45, 2.75) is 19.8 Å². The third-order valence-electron chi connectivity index (χ3n) is 3.55. The molecule has 3 aromatic heterocycles. The van der Waals surface area contributed by atoms with Crippen LogP contribution < -0.4 is 10.6 Å². The highest BCUT2D eigenvalue weighted by Gasteiger charge is 2.09. The molecule has 144 valence electrons. The number of hydrogen-bond acceptors (Lipinski definition) is 6. The fourth-order valence-corrected chi connectivity index (χ4v) is 2.32. The smallest absolute Gasteiger partial charge is 0.276 e. The van der Waals surface area contributed by atoms with E-state index in [2.05, 4.69) is 30.8 Å². The van der Waals surface area contributed by atoms with Gasteiger partial charge in [-0.1, -0.05) is 11.2 Å². The molecule has 0 bridgehead atoms. The lowest BCUT2D eigenvalue weighted by molar-refractivity contribution is 0.421. The molecule has 0 aliphatic carbocycles. The number of aromatic nitrogens is 3. The molecule has 27 heavy (non-hydrogen) atoms. The van der Waals surface area contributed by atoms with Gasteiger partial charge < -0.3 is 19.6 Å². The molecular weight excluding hydrogens is 459 g/mol. The summed E-state index contributed by atoms with van der Waals surface area (Å²) in [5.74, 6) is 2.75. The minimum Gasteiger partial charge on any atom is -0.469 e. The maximum atomic E-state index is 5.31. The topological polar surface area (TPSA) is 101 Å². The fourth-order valence-electron chi connectivity index (χ4n) is 2.32. The van der Waals surface area contributed by atoms with Crippen LogP contribution in [-0.2, 0) is 12.8 Å². The number of halogens is 1. The monoisotopic (exact) mass is 482 g/mol. The largest absolute Gasteiger partial charge is 0.469 e. The first kappa shape index (κ1) is 20.9. The van der Waals surface area contributed by atoms with Gasteiger partial charge >= 0.3 is 0 Å². The van der Waals surface area contributed by atoms with Crippen molar-refractivity contribution in [2.24, 2.45) is 4.99 Å². The number of pyridine rings is 1. The normalized spacial score (nSPS) is 11.1. The predicted octanol–water partition coefficient (Wildman–Crippen LogP) is 2.68. The summed E-state index contributed by atoms with van der Waals surface area (Å²) in [7, 11) is 0. The van der Waals surface area contributed by atoms with E-state index in [1.807, 2.05) is 37.3 Å². The van der Waals surface area contributed by atoms with Gasteiger partial charge in [0.2, 0.25) is 0 Å². The van der Waals surface area contributed by atoms with Crippen LogP contribution in [0.25, 0.3) is 11.6 Å². The highest BCUT2D eigenvalue weighted by atomic mass is 127. The number of nitrogens with one attached hydrogen (secondary N) is 2. The minimum absolute atomic E-state index is 0. The summed E-state index contributed by atoms with van der Waals surface area (Å²) in [6.07, 6.45) is 4.76. The Bertz CT molecular complexity index is 804. The Morgan fingerprint density at radius 3 is 2.81 bits per heavy atom. The average Bonchev–Trinajstić information content (AvgIpc) is 3.34. The maximum Gasteiger partial charge on any atom is 0.276 e. The van der Waals surface area contributed by atoms with Crippen molar-refractivity contribution in [2.75, 3.05) is 19.6 Å².